The lowest BCUT2D eigenvalue weighted by molar-refractivity contribution is 0.736. The maximum Gasteiger partial charge on any atom is 0.00452 e. The second kappa shape index (κ2) is 6.50. The van der Waals surface area contributed by atoms with Gasteiger partial charge in [-0.2, -0.15) is 0 Å². The molecule has 1 aliphatic rings. The zero-order valence-corrected chi connectivity index (χ0v) is 8.36. The maximum atomic E-state index is 2.28. The van der Waals surface area contributed by atoms with Crippen LogP contribution in [0.15, 0.2) is 11.5 Å². The minimum absolute atomic E-state index is 1.28. The van der Waals surface area contributed by atoms with E-state index < -0.39 is 0 Å². The van der Waals surface area contributed by atoms with E-state index in [9.17, 15) is 0 Å². The van der Waals surface area contributed by atoms with Gasteiger partial charge in [0, 0.05) is 5.75 Å². The Bertz CT molecular complexity index is 89.0. The minimum atomic E-state index is 1.28. The molecule has 0 atom stereocenters. The highest BCUT2D eigenvalue weighted by Crippen LogP contribution is 2.36. The standard InChI is InChI=1S/C7H12S3/c1-2-4-6-8-10-9-7-5-3-1/h4,6H,1-3,5,7H2/b6-4-. The van der Waals surface area contributed by atoms with Gasteiger partial charge in [-0.15, -0.1) is 0 Å². The molecule has 0 aromatic carbocycles. The summed E-state index contributed by atoms with van der Waals surface area (Å²) in [6, 6.07) is 0. The van der Waals surface area contributed by atoms with Gasteiger partial charge in [0.25, 0.3) is 0 Å². The summed E-state index contributed by atoms with van der Waals surface area (Å²) in [7, 11) is 5.73. The Hall–Kier alpha value is 0.790. The summed E-state index contributed by atoms with van der Waals surface area (Å²) >= 11 is 0. The van der Waals surface area contributed by atoms with E-state index in [0.717, 1.165) is 0 Å². The van der Waals surface area contributed by atoms with E-state index in [4.69, 9.17) is 0 Å². The Morgan fingerprint density at radius 3 is 3.10 bits per heavy atom. The molecule has 0 aromatic heterocycles. The summed E-state index contributed by atoms with van der Waals surface area (Å²) in [6.45, 7) is 0. The second-order valence-corrected chi connectivity index (χ2v) is 6.37. The fourth-order valence-electron chi connectivity index (χ4n) is 0.792. The number of hydrogen-bond acceptors (Lipinski definition) is 3. The lowest BCUT2D eigenvalue weighted by atomic mass is 10.2. The Balaban J connectivity index is 2.13. The molecule has 0 radical (unpaired) electrons. The van der Waals surface area contributed by atoms with Crippen LogP contribution in [0.1, 0.15) is 25.7 Å². The van der Waals surface area contributed by atoms with Gasteiger partial charge in [-0.1, -0.05) is 34.1 Å². The molecule has 58 valence electrons. The van der Waals surface area contributed by atoms with E-state index in [1.165, 1.54) is 31.4 Å². The van der Waals surface area contributed by atoms with Crippen molar-refractivity contribution in [2.75, 3.05) is 5.75 Å². The van der Waals surface area contributed by atoms with Crippen LogP contribution in [0.25, 0.3) is 0 Å². The van der Waals surface area contributed by atoms with E-state index in [2.05, 4.69) is 11.5 Å². The van der Waals surface area contributed by atoms with Crippen molar-refractivity contribution in [2.24, 2.45) is 0 Å². The van der Waals surface area contributed by atoms with Crippen LogP contribution in [0.4, 0.5) is 0 Å². The molecule has 0 spiro atoms. The third-order valence-corrected chi connectivity index (χ3v) is 5.20. The fourth-order valence-corrected chi connectivity index (χ4v) is 4.11. The SMILES string of the molecule is C1=C\SSSCCCCC/1. The molecule has 0 N–H and O–H groups in total. The maximum absolute atomic E-state index is 2.28. The van der Waals surface area contributed by atoms with E-state index in [1.807, 2.05) is 31.4 Å². The van der Waals surface area contributed by atoms with Gasteiger partial charge < -0.3 is 0 Å². The van der Waals surface area contributed by atoms with Gasteiger partial charge in [-0.05, 0) is 34.5 Å². The van der Waals surface area contributed by atoms with Crippen LogP contribution in [-0.2, 0) is 0 Å². The molecule has 0 aliphatic carbocycles. The van der Waals surface area contributed by atoms with Gasteiger partial charge in [0.1, 0.15) is 0 Å². The van der Waals surface area contributed by atoms with Crippen molar-refractivity contribution in [2.45, 2.75) is 25.7 Å². The van der Waals surface area contributed by atoms with Gasteiger partial charge in [-0.3, -0.25) is 0 Å². The lowest BCUT2D eigenvalue weighted by Gasteiger charge is -2.00. The van der Waals surface area contributed by atoms with Crippen molar-refractivity contribution < 1.29 is 0 Å². The second-order valence-electron chi connectivity index (χ2n) is 2.21. The highest BCUT2D eigenvalue weighted by Gasteiger charge is 1.92. The molecule has 1 aliphatic heterocycles. The smallest absolute Gasteiger partial charge is 0.00452 e. The van der Waals surface area contributed by atoms with Crippen LogP contribution in [0.2, 0.25) is 0 Å². The first kappa shape index (κ1) is 8.88. The molecule has 1 heterocycles. The van der Waals surface area contributed by atoms with Crippen LogP contribution >= 0.6 is 31.4 Å². The quantitative estimate of drug-likeness (QED) is 0.530. The highest BCUT2D eigenvalue weighted by molar-refractivity contribution is 9.09. The zero-order valence-electron chi connectivity index (χ0n) is 5.91. The monoisotopic (exact) mass is 192 g/mol. The first-order chi connectivity index (χ1) is 5.00. The lowest BCUT2D eigenvalue weighted by Crippen LogP contribution is -1.78. The first-order valence-corrected chi connectivity index (χ1v) is 7.31. The average Bonchev–Trinajstić information content (AvgIpc) is 2.01. The van der Waals surface area contributed by atoms with Crippen LogP contribution in [0, 0.1) is 0 Å². The van der Waals surface area contributed by atoms with Crippen LogP contribution in [0.3, 0.4) is 0 Å². The Labute approximate surface area is 74.4 Å². The van der Waals surface area contributed by atoms with Crippen molar-refractivity contribution in [3.05, 3.63) is 11.5 Å². The molecular formula is C7H12S3. The number of hydrogen-bond donors (Lipinski definition) is 0. The Morgan fingerprint density at radius 2 is 2.10 bits per heavy atom. The molecule has 0 fully saturated rings. The zero-order chi connectivity index (χ0) is 7.07. The van der Waals surface area contributed by atoms with Crippen LogP contribution in [0.5, 0.6) is 0 Å². The molecule has 0 unspecified atom stereocenters. The van der Waals surface area contributed by atoms with E-state index in [1.54, 1.807) is 0 Å². The van der Waals surface area contributed by atoms with Crippen molar-refractivity contribution in [3.8, 4) is 0 Å². The molecule has 0 nitrogen and oxygen atoms in total. The number of allylic oxidation sites excluding steroid dienone is 1. The largest absolute Gasteiger partial charge is 0.0822 e. The fraction of sp³-hybridized carbons (Fsp3) is 0.714. The molecule has 0 aromatic rings. The third kappa shape index (κ3) is 4.58. The molecule has 10 heavy (non-hydrogen) atoms. The normalized spacial score (nSPS) is 25.6. The molecular weight excluding hydrogens is 180 g/mol. The molecule has 0 amide bonds. The summed E-state index contributed by atoms with van der Waals surface area (Å²) in [6.07, 6.45) is 7.73. The summed E-state index contributed by atoms with van der Waals surface area (Å²) in [5.74, 6) is 1.32. The molecule has 3 heteroatoms. The Kier molecular flexibility index (Phi) is 5.77. The van der Waals surface area contributed by atoms with E-state index >= 15 is 0 Å². The minimum Gasteiger partial charge on any atom is -0.0822 e. The van der Waals surface area contributed by atoms with Gasteiger partial charge in [-0.25, -0.2) is 0 Å². The first-order valence-electron chi connectivity index (χ1n) is 3.60. The topological polar surface area (TPSA) is 0 Å². The van der Waals surface area contributed by atoms with Gasteiger partial charge in [0.15, 0.2) is 0 Å². The van der Waals surface area contributed by atoms with Crippen molar-refractivity contribution >= 4 is 31.4 Å². The predicted molar refractivity (Wildman–Crippen MR) is 55.2 cm³/mol. The average molecular weight is 192 g/mol. The third-order valence-electron chi connectivity index (χ3n) is 1.34. The summed E-state index contributed by atoms with van der Waals surface area (Å²) in [5.41, 5.74) is 0. The molecule has 1 rings (SSSR count). The van der Waals surface area contributed by atoms with Crippen molar-refractivity contribution in [3.63, 3.8) is 0 Å². The molecule has 0 saturated heterocycles. The van der Waals surface area contributed by atoms with E-state index in [-0.39, 0.29) is 0 Å². The van der Waals surface area contributed by atoms with Gasteiger partial charge in [0.05, 0.1) is 0 Å². The Morgan fingerprint density at radius 1 is 1.10 bits per heavy atom. The predicted octanol–water partition coefficient (Wildman–Crippen LogP) is 4.10. The van der Waals surface area contributed by atoms with Gasteiger partial charge in [0.2, 0.25) is 0 Å². The van der Waals surface area contributed by atoms with Crippen molar-refractivity contribution in [1.82, 2.24) is 0 Å². The molecule has 0 bridgehead atoms. The molecule has 0 saturated carbocycles. The van der Waals surface area contributed by atoms with E-state index in [0.29, 0.717) is 0 Å². The van der Waals surface area contributed by atoms with Gasteiger partial charge >= 0.3 is 0 Å². The van der Waals surface area contributed by atoms with Crippen molar-refractivity contribution in [1.29, 1.82) is 0 Å². The van der Waals surface area contributed by atoms with Crippen LogP contribution in [-0.4, -0.2) is 5.75 Å². The van der Waals surface area contributed by atoms with Crippen LogP contribution < -0.4 is 0 Å². The summed E-state index contributed by atoms with van der Waals surface area (Å²) in [5, 5.41) is 2.21. The summed E-state index contributed by atoms with van der Waals surface area (Å²) in [4.78, 5) is 0. The number of rotatable bonds is 0. The summed E-state index contributed by atoms with van der Waals surface area (Å²) < 4.78 is 0. The highest BCUT2D eigenvalue weighted by atomic mass is 33.5.